The second-order valence-electron chi connectivity index (χ2n) is 11.4. The smallest absolute Gasteiger partial charge is 0.324 e. The first-order valence-corrected chi connectivity index (χ1v) is 15.1. The summed E-state index contributed by atoms with van der Waals surface area (Å²) in [5.41, 5.74) is 37.5. The molecule has 0 saturated heterocycles. The first kappa shape index (κ1) is 48.0. The van der Waals surface area contributed by atoms with Crippen molar-refractivity contribution in [1.82, 2.24) is 0 Å². The van der Waals surface area contributed by atoms with E-state index in [-0.39, 0.29) is 12.6 Å². The molecule has 0 spiro atoms. The number of ether oxygens (including phenoxy) is 1. The molecule has 18 heteroatoms. The molecule has 0 aliphatic heterocycles. The predicted octanol–water partition coefficient (Wildman–Crippen LogP) is -1.15. The summed E-state index contributed by atoms with van der Waals surface area (Å²) in [5, 5.41) is 33.5. The van der Waals surface area contributed by atoms with Gasteiger partial charge in [-0.05, 0) is 49.5 Å². The zero-order valence-corrected chi connectivity index (χ0v) is 28.1. The van der Waals surface area contributed by atoms with E-state index < -0.39 is 60.1 Å². The third-order valence-electron chi connectivity index (χ3n) is 5.69. The number of esters is 1. The number of nitrogens with two attached hydrogens (primary N) is 7. The van der Waals surface area contributed by atoms with Crippen LogP contribution in [0.15, 0.2) is 35.3 Å². The molecule has 18 nitrogen and oxygen atoms in total. The molecule has 0 heterocycles. The third kappa shape index (κ3) is 30.3. The van der Waals surface area contributed by atoms with E-state index in [1.54, 1.807) is 0 Å². The van der Waals surface area contributed by atoms with Gasteiger partial charge in [-0.1, -0.05) is 58.0 Å². The number of nitrogens with zero attached hydrogens (tertiary/aromatic N) is 1. The predicted molar refractivity (Wildman–Crippen MR) is 180 cm³/mol. The number of aliphatic carboxylic acids is 4. The Morgan fingerprint density at radius 3 is 1.42 bits per heavy atom. The van der Waals surface area contributed by atoms with Gasteiger partial charge in [0, 0.05) is 6.54 Å². The number of aliphatic imine (C=N–C) groups is 1. The minimum absolute atomic E-state index is 0.0129. The lowest BCUT2D eigenvalue weighted by atomic mass is 10.1. The maximum atomic E-state index is 11.5. The number of carboxylic acid groups (broad SMARTS) is 4. The Balaban J connectivity index is -0.000000592. The summed E-state index contributed by atoms with van der Waals surface area (Å²) in [7, 11) is 0. The van der Waals surface area contributed by atoms with Crippen molar-refractivity contribution in [3.05, 3.63) is 35.9 Å². The number of guanidine groups is 1. The number of carbonyl (C=O) groups is 5. The fourth-order valence-electron chi connectivity index (χ4n) is 3.16. The minimum atomic E-state index is -1.22. The molecule has 0 aliphatic carbocycles. The van der Waals surface area contributed by atoms with Gasteiger partial charge in [-0.25, -0.2) is 0 Å². The van der Waals surface area contributed by atoms with Crippen LogP contribution < -0.4 is 40.1 Å². The van der Waals surface area contributed by atoms with Crippen LogP contribution in [0.25, 0.3) is 0 Å². The highest BCUT2D eigenvalue weighted by Crippen LogP contribution is 2.04. The molecule has 0 aliphatic rings. The van der Waals surface area contributed by atoms with Gasteiger partial charge in [-0.2, -0.15) is 0 Å². The van der Waals surface area contributed by atoms with Crippen molar-refractivity contribution in [1.29, 1.82) is 0 Å². The molecule has 0 fully saturated rings. The first-order chi connectivity index (χ1) is 22.1. The molecular weight excluding hydrogens is 632 g/mol. The van der Waals surface area contributed by atoms with Crippen LogP contribution >= 0.6 is 0 Å². The van der Waals surface area contributed by atoms with E-state index in [9.17, 15) is 24.0 Å². The van der Waals surface area contributed by atoms with Crippen LogP contribution in [0.3, 0.4) is 0 Å². The van der Waals surface area contributed by atoms with Gasteiger partial charge in [-0.3, -0.25) is 29.0 Å². The Bertz CT molecular complexity index is 1080. The van der Waals surface area contributed by atoms with Crippen molar-refractivity contribution in [3.63, 3.8) is 0 Å². The van der Waals surface area contributed by atoms with Crippen LogP contribution in [0.1, 0.15) is 58.9 Å². The van der Waals surface area contributed by atoms with E-state index >= 15 is 0 Å². The van der Waals surface area contributed by atoms with Crippen molar-refractivity contribution < 1.29 is 49.1 Å². The van der Waals surface area contributed by atoms with E-state index in [0.29, 0.717) is 50.5 Å². The summed E-state index contributed by atoms with van der Waals surface area (Å²) >= 11 is 0. The number of carboxylic acids is 4. The van der Waals surface area contributed by atoms with Gasteiger partial charge >= 0.3 is 29.8 Å². The number of hydrogen-bond donors (Lipinski definition) is 11. The molecule has 0 aromatic heterocycles. The summed E-state index contributed by atoms with van der Waals surface area (Å²) in [6.45, 7) is 7.83. The number of hydrogen-bond acceptors (Lipinski definition) is 12. The third-order valence-corrected chi connectivity index (χ3v) is 5.69. The Kier molecular flexibility index (Phi) is 27.7. The molecule has 5 atom stereocenters. The van der Waals surface area contributed by atoms with Gasteiger partial charge in [0.25, 0.3) is 0 Å². The molecule has 1 rings (SSSR count). The molecule has 18 N–H and O–H groups in total. The van der Waals surface area contributed by atoms with E-state index in [2.05, 4.69) is 4.99 Å². The molecule has 48 heavy (non-hydrogen) atoms. The van der Waals surface area contributed by atoms with Crippen LogP contribution in [0.5, 0.6) is 0 Å². The molecule has 276 valence electrons. The summed E-state index contributed by atoms with van der Waals surface area (Å²) < 4.78 is 4.73. The van der Waals surface area contributed by atoms with Crippen molar-refractivity contribution in [2.24, 2.45) is 57.0 Å². The Morgan fingerprint density at radius 2 is 1.08 bits per heavy atom. The van der Waals surface area contributed by atoms with Crippen molar-refractivity contribution in [2.45, 2.75) is 90.0 Å². The highest BCUT2D eigenvalue weighted by Gasteiger charge is 2.19. The Hall–Kier alpha value is -4.36. The highest BCUT2D eigenvalue weighted by atomic mass is 16.5. The molecule has 0 saturated carbocycles. The van der Waals surface area contributed by atoms with Crippen LogP contribution in [0.2, 0.25) is 0 Å². The zero-order chi connectivity index (χ0) is 38.0. The normalized spacial score (nSPS) is 13.3. The molecule has 0 amide bonds. The van der Waals surface area contributed by atoms with Crippen molar-refractivity contribution in [3.8, 4) is 0 Å². The van der Waals surface area contributed by atoms with Crippen LogP contribution in [0, 0.1) is 11.8 Å². The lowest BCUT2D eigenvalue weighted by Crippen LogP contribution is -2.40. The fraction of sp³-hybridized carbons (Fsp3) is 0.600. The lowest BCUT2D eigenvalue weighted by molar-refractivity contribution is -0.149. The largest absolute Gasteiger partial charge is 0.480 e. The minimum Gasteiger partial charge on any atom is -0.480 e. The molecule has 0 unspecified atom stereocenters. The average molecular weight is 689 g/mol. The lowest BCUT2D eigenvalue weighted by Gasteiger charge is -2.13. The van der Waals surface area contributed by atoms with E-state index in [1.807, 2.05) is 58.0 Å². The van der Waals surface area contributed by atoms with Crippen molar-refractivity contribution in [2.75, 3.05) is 13.2 Å². The standard InChI is InChI=1S/C12H16N2O4.C6H14N4O2.2C6H13NO2/c13-9(6-8-4-2-1-3-5-8)12(17)18-7-10(14)11(15)16;7-4(5(11)12)2-1-3-10-6(8)9;2*1-4(2)3-5(7)6(8)9/h1-5,9-10H,6-7,13-14H2,(H,15,16);4H,1-3,7H2,(H,11,12)(H4,8,9,10);2*4-5H,3,7H2,1-2H3,(H,8,9)/t9-,10-;4-;2*5-/m0000/s1. The van der Waals surface area contributed by atoms with Crippen molar-refractivity contribution >= 4 is 35.8 Å². The molecule has 0 bridgehead atoms. The molecule has 1 aromatic rings. The quantitative estimate of drug-likeness (QED) is 0.0398. The Labute approximate surface area is 281 Å². The maximum Gasteiger partial charge on any atom is 0.324 e. The van der Waals surface area contributed by atoms with Crippen LogP contribution in [-0.4, -0.2) is 99.6 Å². The number of rotatable bonds is 17. The number of carbonyl (C=O) groups excluding carboxylic acids is 1. The van der Waals surface area contributed by atoms with Gasteiger partial charge in [0.05, 0.1) is 0 Å². The number of benzene rings is 1. The zero-order valence-electron chi connectivity index (χ0n) is 28.1. The van der Waals surface area contributed by atoms with Gasteiger partial charge in [0.1, 0.15) is 36.8 Å². The first-order valence-electron chi connectivity index (χ1n) is 15.1. The monoisotopic (exact) mass is 688 g/mol. The van der Waals surface area contributed by atoms with E-state index in [0.717, 1.165) is 5.56 Å². The molecule has 0 radical (unpaired) electrons. The van der Waals surface area contributed by atoms with E-state index in [1.165, 1.54) is 0 Å². The average Bonchev–Trinajstić information content (AvgIpc) is 2.98. The summed E-state index contributed by atoms with van der Waals surface area (Å²) in [6, 6.07) is 4.98. The summed E-state index contributed by atoms with van der Waals surface area (Å²) in [6.07, 6.45) is 2.39. The maximum absolute atomic E-state index is 11.5. The second kappa shape index (κ2) is 27.7. The van der Waals surface area contributed by atoms with Gasteiger partial charge in [0.15, 0.2) is 5.96 Å². The molecule has 1 aromatic carbocycles. The van der Waals surface area contributed by atoms with E-state index in [4.69, 9.17) is 65.3 Å². The highest BCUT2D eigenvalue weighted by molar-refractivity contribution is 5.78. The summed E-state index contributed by atoms with van der Waals surface area (Å²) in [5.74, 6) is -3.98. The van der Waals surface area contributed by atoms with Gasteiger partial charge in [-0.15, -0.1) is 0 Å². The van der Waals surface area contributed by atoms with Gasteiger partial charge in [0.2, 0.25) is 0 Å². The summed E-state index contributed by atoms with van der Waals surface area (Å²) in [4.78, 5) is 56.0. The topological polar surface area (TPSA) is 370 Å². The SMILES string of the molecule is CC(C)C[C@H](N)C(=O)O.CC(C)C[C@H](N)C(=O)O.NC(N)=NCCC[C@H](N)C(=O)O.N[C@@H](COC(=O)[C@@H](N)Cc1ccccc1)C(=O)O. The van der Waals surface area contributed by atoms with Crippen LogP contribution in [0.4, 0.5) is 0 Å². The van der Waals surface area contributed by atoms with Gasteiger partial charge < -0.3 is 65.3 Å². The Morgan fingerprint density at radius 1 is 0.667 bits per heavy atom. The second-order valence-corrected chi connectivity index (χ2v) is 11.4. The van der Waals surface area contributed by atoms with Crippen LogP contribution in [-0.2, 0) is 35.1 Å². The fourth-order valence-corrected chi connectivity index (χ4v) is 3.16. The molecular formula is C30H56N8O10.